The van der Waals surface area contributed by atoms with E-state index in [0.29, 0.717) is 6.61 Å². The van der Waals surface area contributed by atoms with Gasteiger partial charge in [0.1, 0.15) is 0 Å². The fraction of sp³-hybridized carbons (Fsp3) is 1.00. The highest BCUT2D eigenvalue weighted by Gasteiger charge is 2.25. The van der Waals surface area contributed by atoms with Gasteiger partial charge in [-0.3, -0.25) is 0 Å². The molecule has 1 fully saturated rings. The van der Waals surface area contributed by atoms with Crippen LogP contribution >= 0.6 is 0 Å². The minimum absolute atomic E-state index is 0.712. The lowest BCUT2D eigenvalue weighted by molar-refractivity contribution is 0.0668. The normalized spacial score (nSPS) is 25.1. The molecule has 0 aromatic carbocycles. The van der Waals surface area contributed by atoms with Crippen LogP contribution in [0.5, 0.6) is 0 Å². The van der Waals surface area contributed by atoms with Crippen LogP contribution < -0.4 is 5.32 Å². The minimum Gasteiger partial charge on any atom is -0.382 e. The Labute approximate surface area is 99.9 Å². The van der Waals surface area contributed by atoms with Gasteiger partial charge in [0.15, 0.2) is 0 Å². The summed E-state index contributed by atoms with van der Waals surface area (Å²) in [5.41, 5.74) is 0. The highest BCUT2D eigenvalue weighted by molar-refractivity contribution is 4.82. The maximum absolute atomic E-state index is 5.48. The maximum Gasteiger partial charge on any atom is 0.0700 e. The molecule has 0 saturated heterocycles. The van der Waals surface area contributed by atoms with Gasteiger partial charge in [-0.1, -0.05) is 13.3 Å². The average molecular weight is 229 g/mol. The van der Waals surface area contributed by atoms with Crippen LogP contribution in [-0.4, -0.2) is 39.5 Å². The van der Waals surface area contributed by atoms with Crippen LogP contribution in [0, 0.1) is 5.92 Å². The Morgan fingerprint density at radius 2 is 2.06 bits per heavy atom. The van der Waals surface area contributed by atoms with Crippen molar-refractivity contribution in [1.29, 1.82) is 0 Å². The molecular formula is C13H27NO2. The van der Waals surface area contributed by atoms with Crippen molar-refractivity contribution in [1.82, 2.24) is 5.32 Å². The lowest BCUT2D eigenvalue weighted by Gasteiger charge is -2.20. The zero-order chi connectivity index (χ0) is 11.6. The van der Waals surface area contributed by atoms with Crippen LogP contribution in [0.3, 0.4) is 0 Å². The molecule has 0 spiro atoms. The summed E-state index contributed by atoms with van der Waals surface area (Å²) >= 11 is 0. The van der Waals surface area contributed by atoms with Crippen molar-refractivity contribution in [3.63, 3.8) is 0 Å². The van der Waals surface area contributed by atoms with Crippen LogP contribution in [0.25, 0.3) is 0 Å². The highest BCUT2D eigenvalue weighted by Crippen LogP contribution is 2.29. The summed E-state index contributed by atoms with van der Waals surface area (Å²) in [6.45, 7) is 5.63. The molecule has 2 unspecified atom stereocenters. The van der Waals surface area contributed by atoms with Gasteiger partial charge in [0.2, 0.25) is 0 Å². The van der Waals surface area contributed by atoms with Gasteiger partial charge in [-0.15, -0.1) is 0 Å². The van der Waals surface area contributed by atoms with Crippen molar-refractivity contribution in [2.45, 2.75) is 45.1 Å². The van der Waals surface area contributed by atoms with E-state index in [1.165, 1.54) is 32.1 Å². The molecule has 1 saturated carbocycles. The van der Waals surface area contributed by atoms with Gasteiger partial charge in [0.05, 0.1) is 13.2 Å². The molecule has 3 nitrogen and oxygen atoms in total. The predicted octanol–water partition coefficient (Wildman–Crippen LogP) is 2.21. The Balaban J connectivity index is 1.99. The molecule has 1 rings (SSSR count). The molecule has 16 heavy (non-hydrogen) atoms. The third-order valence-corrected chi connectivity index (χ3v) is 3.42. The number of hydrogen-bond acceptors (Lipinski definition) is 3. The Morgan fingerprint density at radius 3 is 2.81 bits per heavy atom. The maximum atomic E-state index is 5.48. The summed E-state index contributed by atoms with van der Waals surface area (Å²) in [4.78, 5) is 0. The van der Waals surface area contributed by atoms with Crippen LogP contribution in [0.15, 0.2) is 0 Å². The number of methoxy groups -OCH3 is 1. The number of hydrogen-bond donors (Lipinski definition) is 1. The molecule has 0 heterocycles. The van der Waals surface area contributed by atoms with Crippen molar-refractivity contribution in [2.75, 3.05) is 33.5 Å². The van der Waals surface area contributed by atoms with Crippen LogP contribution in [-0.2, 0) is 9.47 Å². The molecule has 0 bridgehead atoms. The molecule has 0 aliphatic heterocycles. The second-order valence-corrected chi connectivity index (χ2v) is 4.60. The van der Waals surface area contributed by atoms with E-state index in [1.807, 2.05) is 0 Å². The van der Waals surface area contributed by atoms with Crippen molar-refractivity contribution in [3.05, 3.63) is 0 Å². The summed E-state index contributed by atoms with van der Waals surface area (Å²) in [5, 5.41) is 3.59. The lowest BCUT2D eigenvalue weighted by atomic mass is 9.98. The first kappa shape index (κ1) is 13.9. The van der Waals surface area contributed by atoms with Gasteiger partial charge in [-0.05, 0) is 38.1 Å². The van der Waals surface area contributed by atoms with Gasteiger partial charge in [0.25, 0.3) is 0 Å². The molecule has 1 aliphatic rings. The molecule has 0 amide bonds. The number of nitrogens with one attached hydrogen (secondary N) is 1. The highest BCUT2D eigenvalue weighted by atomic mass is 16.5. The zero-order valence-corrected chi connectivity index (χ0v) is 10.8. The van der Waals surface area contributed by atoms with Gasteiger partial charge in [-0.25, -0.2) is 0 Å². The zero-order valence-electron chi connectivity index (χ0n) is 10.8. The Bertz CT molecular complexity index is 164. The second-order valence-electron chi connectivity index (χ2n) is 4.60. The van der Waals surface area contributed by atoms with Gasteiger partial charge in [0, 0.05) is 19.8 Å². The van der Waals surface area contributed by atoms with E-state index >= 15 is 0 Å². The summed E-state index contributed by atoms with van der Waals surface area (Å²) in [5.74, 6) is 0.881. The van der Waals surface area contributed by atoms with E-state index in [2.05, 4.69) is 12.2 Å². The summed E-state index contributed by atoms with van der Waals surface area (Å²) in [7, 11) is 1.71. The molecule has 3 heteroatoms. The SMILES string of the molecule is CCNC1CCCC1CCCOCCOC. The Kier molecular flexibility index (Phi) is 7.81. The molecule has 1 aliphatic carbocycles. The first-order chi connectivity index (χ1) is 7.88. The molecule has 0 aromatic heterocycles. The largest absolute Gasteiger partial charge is 0.382 e. The lowest BCUT2D eigenvalue weighted by Crippen LogP contribution is -2.32. The monoisotopic (exact) mass is 229 g/mol. The minimum atomic E-state index is 0.712. The van der Waals surface area contributed by atoms with Crippen molar-refractivity contribution in [3.8, 4) is 0 Å². The standard InChI is InChI=1S/C13H27NO2/c1-3-14-13-8-4-6-12(13)7-5-9-16-11-10-15-2/h12-14H,3-11H2,1-2H3. The molecule has 96 valence electrons. The quantitative estimate of drug-likeness (QED) is 0.615. The van der Waals surface area contributed by atoms with Crippen LogP contribution in [0.4, 0.5) is 0 Å². The van der Waals surface area contributed by atoms with Gasteiger partial charge >= 0.3 is 0 Å². The van der Waals surface area contributed by atoms with E-state index in [4.69, 9.17) is 9.47 Å². The van der Waals surface area contributed by atoms with Crippen LogP contribution in [0.1, 0.15) is 39.0 Å². The Hall–Kier alpha value is -0.120. The first-order valence-electron chi connectivity index (χ1n) is 6.68. The predicted molar refractivity (Wildman–Crippen MR) is 66.7 cm³/mol. The van der Waals surface area contributed by atoms with Crippen molar-refractivity contribution < 1.29 is 9.47 Å². The average Bonchev–Trinajstić information content (AvgIpc) is 2.72. The summed E-state index contributed by atoms with van der Waals surface area (Å²) in [6.07, 6.45) is 6.66. The van der Waals surface area contributed by atoms with E-state index < -0.39 is 0 Å². The van der Waals surface area contributed by atoms with Crippen LogP contribution in [0.2, 0.25) is 0 Å². The van der Waals surface area contributed by atoms with E-state index in [9.17, 15) is 0 Å². The van der Waals surface area contributed by atoms with E-state index in [0.717, 1.165) is 31.7 Å². The van der Waals surface area contributed by atoms with Crippen molar-refractivity contribution in [2.24, 2.45) is 5.92 Å². The third-order valence-electron chi connectivity index (χ3n) is 3.42. The molecule has 1 N–H and O–H groups in total. The second kappa shape index (κ2) is 8.97. The fourth-order valence-electron chi connectivity index (χ4n) is 2.61. The number of ether oxygens (including phenoxy) is 2. The van der Waals surface area contributed by atoms with Gasteiger partial charge < -0.3 is 14.8 Å². The summed E-state index contributed by atoms with van der Waals surface area (Å²) in [6, 6.07) is 0.768. The third kappa shape index (κ3) is 5.28. The molecule has 0 aromatic rings. The fourth-order valence-corrected chi connectivity index (χ4v) is 2.61. The Morgan fingerprint density at radius 1 is 1.19 bits per heavy atom. The van der Waals surface area contributed by atoms with E-state index in [-0.39, 0.29) is 0 Å². The molecule has 2 atom stereocenters. The summed E-state index contributed by atoms with van der Waals surface area (Å²) < 4.78 is 10.4. The first-order valence-corrected chi connectivity index (χ1v) is 6.68. The molecule has 0 radical (unpaired) electrons. The smallest absolute Gasteiger partial charge is 0.0700 e. The van der Waals surface area contributed by atoms with Gasteiger partial charge in [-0.2, -0.15) is 0 Å². The topological polar surface area (TPSA) is 30.5 Å². The van der Waals surface area contributed by atoms with E-state index in [1.54, 1.807) is 7.11 Å². The molecular weight excluding hydrogens is 202 g/mol. The number of rotatable bonds is 9. The van der Waals surface area contributed by atoms with Crippen molar-refractivity contribution >= 4 is 0 Å².